The largest absolute Gasteiger partial charge is 0.328 e. The fourth-order valence-electron chi connectivity index (χ4n) is 5.99. The summed E-state index contributed by atoms with van der Waals surface area (Å²) in [6, 6.07) is 15.8. The van der Waals surface area contributed by atoms with Crippen molar-refractivity contribution in [1.29, 1.82) is 0 Å². The van der Waals surface area contributed by atoms with E-state index in [1.165, 1.54) is 11.1 Å². The van der Waals surface area contributed by atoms with Gasteiger partial charge in [-0.15, -0.1) is 0 Å². The Labute approximate surface area is 248 Å². The summed E-state index contributed by atoms with van der Waals surface area (Å²) < 4.78 is 0. The lowest BCUT2D eigenvalue weighted by atomic mass is 9.75. The first kappa shape index (κ1) is 32.7. The van der Waals surface area contributed by atoms with E-state index in [4.69, 9.17) is 0 Å². The summed E-state index contributed by atoms with van der Waals surface area (Å²) in [4.78, 5) is 42.9. The first-order valence-electron chi connectivity index (χ1n) is 15.5. The van der Waals surface area contributed by atoms with Crippen LogP contribution >= 0.6 is 0 Å². The van der Waals surface area contributed by atoms with Gasteiger partial charge in [-0.05, 0) is 72.7 Å². The number of aryl methyl sites for hydroxylation is 1. The summed E-state index contributed by atoms with van der Waals surface area (Å²) in [5.41, 5.74) is 4.45. The molecule has 224 valence electrons. The number of fused-ring (bicyclic) bond motifs is 2. The Morgan fingerprint density at radius 1 is 0.927 bits per heavy atom. The van der Waals surface area contributed by atoms with Crippen molar-refractivity contribution in [2.45, 2.75) is 112 Å². The van der Waals surface area contributed by atoms with Crippen LogP contribution in [0, 0.1) is 17.3 Å². The lowest BCUT2D eigenvalue weighted by molar-refractivity contribution is -0.149. The van der Waals surface area contributed by atoms with Gasteiger partial charge < -0.3 is 10.2 Å². The molecule has 4 atom stereocenters. The van der Waals surface area contributed by atoms with Crippen molar-refractivity contribution >= 4 is 17.5 Å². The third-order valence-electron chi connectivity index (χ3n) is 8.51. The average Bonchev–Trinajstić information content (AvgIpc) is 2.93. The van der Waals surface area contributed by atoms with E-state index in [-0.39, 0.29) is 35.9 Å². The molecule has 0 aromatic heterocycles. The Bertz CT molecular complexity index is 1190. The van der Waals surface area contributed by atoms with E-state index in [1.54, 1.807) is 11.9 Å². The van der Waals surface area contributed by atoms with Crippen molar-refractivity contribution in [2.75, 3.05) is 7.05 Å². The minimum atomic E-state index is -0.502. The second-order valence-electron chi connectivity index (χ2n) is 13.7. The minimum Gasteiger partial charge on any atom is -0.328 e. The van der Waals surface area contributed by atoms with Crippen LogP contribution in [0.5, 0.6) is 0 Å². The number of hydrogen-bond acceptors (Lipinski definition) is 4. The molecule has 1 amide bonds. The monoisotopic (exact) mass is 560 g/mol. The van der Waals surface area contributed by atoms with Crippen LogP contribution in [0.2, 0.25) is 0 Å². The Hall–Kier alpha value is -2.79. The molecule has 0 bridgehead atoms. The van der Waals surface area contributed by atoms with Crippen LogP contribution in [0.1, 0.15) is 102 Å². The molecule has 5 heteroatoms. The normalized spacial score (nSPS) is 19.8. The van der Waals surface area contributed by atoms with Crippen LogP contribution in [0.4, 0.5) is 0 Å². The smallest absolute Gasteiger partial charge is 0.227 e. The van der Waals surface area contributed by atoms with E-state index in [0.717, 1.165) is 36.3 Å². The number of carbonyl (C=O) groups is 3. The average molecular weight is 561 g/mol. The zero-order valence-electron chi connectivity index (χ0n) is 26.6. The third-order valence-corrected chi connectivity index (χ3v) is 8.51. The summed E-state index contributed by atoms with van der Waals surface area (Å²) in [5.74, 6) is 0.609. The van der Waals surface area contributed by atoms with Crippen LogP contribution in [0.25, 0.3) is 0 Å². The zero-order valence-corrected chi connectivity index (χ0v) is 26.6. The van der Waals surface area contributed by atoms with E-state index in [0.29, 0.717) is 19.4 Å². The predicted octanol–water partition coefficient (Wildman–Crippen LogP) is 6.91. The SMILES string of the molecule is CC(C)C.CN[C@@H](C)C(=O)C[C@H](C(=O)N1Cc2ccccc2C[C@H]1C(=O)C[C@@H]1CCCc2ccccc21)C(C)(C)C. The highest BCUT2D eigenvalue weighted by Gasteiger charge is 2.42. The maximum atomic E-state index is 14.2. The van der Waals surface area contributed by atoms with Gasteiger partial charge in [0.25, 0.3) is 0 Å². The predicted molar refractivity (Wildman–Crippen MR) is 168 cm³/mol. The highest BCUT2D eigenvalue weighted by atomic mass is 16.2. The number of carbonyl (C=O) groups excluding carboxylic acids is 3. The first-order chi connectivity index (χ1) is 19.3. The number of likely N-dealkylation sites (N-methyl/N-ethyl adjacent to an activating group) is 1. The second-order valence-corrected chi connectivity index (χ2v) is 13.7. The molecule has 0 saturated carbocycles. The van der Waals surface area contributed by atoms with Crippen LogP contribution < -0.4 is 5.32 Å². The molecule has 2 aliphatic rings. The van der Waals surface area contributed by atoms with Crippen LogP contribution in [-0.4, -0.2) is 41.5 Å². The standard InChI is InChI=1S/C32H42N2O3.C4H10/c1-21(33-5)29(35)19-27(32(2,3)4)31(37)34-20-25-13-7-6-12-23(25)17-28(34)30(36)18-24-15-10-14-22-11-8-9-16-26(22)24;1-4(2)3/h6-9,11-13,16,21,24,27-28,33H,10,14-15,17-20H2,1-5H3;4H,1-3H3/t21-,24-,27+,28-;/m0./s1. The fourth-order valence-corrected chi connectivity index (χ4v) is 5.99. The van der Waals surface area contributed by atoms with Gasteiger partial charge in [0, 0.05) is 31.7 Å². The van der Waals surface area contributed by atoms with Crippen molar-refractivity contribution in [3.8, 4) is 0 Å². The molecule has 0 fully saturated rings. The van der Waals surface area contributed by atoms with Crippen molar-refractivity contribution in [3.63, 3.8) is 0 Å². The number of rotatable bonds is 8. The topological polar surface area (TPSA) is 66.5 Å². The number of ketones is 2. The Morgan fingerprint density at radius 2 is 1.51 bits per heavy atom. The molecule has 1 heterocycles. The van der Waals surface area contributed by atoms with Gasteiger partial charge in [0.15, 0.2) is 5.78 Å². The molecule has 0 radical (unpaired) electrons. The number of benzene rings is 2. The fraction of sp³-hybridized carbons (Fsp3) is 0.583. The quantitative estimate of drug-likeness (QED) is 0.381. The molecule has 0 unspecified atom stereocenters. The summed E-state index contributed by atoms with van der Waals surface area (Å²) in [6.07, 6.45) is 4.30. The maximum absolute atomic E-state index is 14.2. The zero-order chi connectivity index (χ0) is 30.3. The Kier molecular flexibility index (Phi) is 11.5. The molecule has 41 heavy (non-hydrogen) atoms. The van der Waals surface area contributed by atoms with Gasteiger partial charge in [0.05, 0.1) is 12.1 Å². The van der Waals surface area contributed by atoms with Crippen molar-refractivity contribution in [2.24, 2.45) is 17.3 Å². The van der Waals surface area contributed by atoms with Gasteiger partial charge in [0.2, 0.25) is 5.91 Å². The lowest BCUT2D eigenvalue weighted by Crippen LogP contribution is -2.53. The number of hydrogen-bond donors (Lipinski definition) is 1. The Balaban J connectivity index is 0.00000108. The van der Waals surface area contributed by atoms with E-state index in [1.807, 2.05) is 45.9 Å². The van der Waals surface area contributed by atoms with E-state index >= 15 is 0 Å². The van der Waals surface area contributed by atoms with Crippen molar-refractivity contribution in [3.05, 3.63) is 70.8 Å². The van der Waals surface area contributed by atoms with Gasteiger partial charge in [-0.25, -0.2) is 0 Å². The molecular weight excluding hydrogens is 508 g/mol. The molecule has 4 rings (SSSR count). The third kappa shape index (κ3) is 8.61. The molecule has 1 N–H and O–H groups in total. The lowest BCUT2D eigenvalue weighted by Gasteiger charge is -2.41. The minimum absolute atomic E-state index is 0.0230. The number of amides is 1. The van der Waals surface area contributed by atoms with Crippen molar-refractivity contribution in [1.82, 2.24) is 10.2 Å². The van der Waals surface area contributed by atoms with Gasteiger partial charge in [0.1, 0.15) is 5.78 Å². The van der Waals surface area contributed by atoms with E-state index < -0.39 is 17.4 Å². The van der Waals surface area contributed by atoms with Crippen LogP contribution in [0.3, 0.4) is 0 Å². The van der Waals surface area contributed by atoms with E-state index in [2.05, 4.69) is 56.4 Å². The van der Waals surface area contributed by atoms with Crippen LogP contribution in [0.15, 0.2) is 48.5 Å². The molecule has 2 aromatic carbocycles. The van der Waals surface area contributed by atoms with Gasteiger partial charge in [-0.2, -0.15) is 0 Å². The summed E-state index contributed by atoms with van der Waals surface area (Å²) in [5, 5.41) is 3.01. The van der Waals surface area contributed by atoms with Gasteiger partial charge >= 0.3 is 0 Å². The molecule has 0 spiro atoms. The highest BCUT2D eigenvalue weighted by Crippen LogP contribution is 2.37. The number of Topliss-reactive ketones (excluding diaryl/α,β-unsaturated/α-hetero) is 2. The van der Waals surface area contributed by atoms with Crippen molar-refractivity contribution < 1.29 is 14.4 Å². The first-order valence-corrected chi connectivity index (χ1v) is 15.5. The molecule has 1 aliphatic carbocycles. The molecular formula is C36H52N2O3. The Morgan fingerprint density at radius 3 is 2.12 bits per heavy atom. The summed E-state index contributed by atoms with van der Waals surface area (Å²) in [6.45, 7) is 14.8. The molecule has 2 aromatic rings. The number of nitrogens with zero attached hydrogens (tertiary/aromatic N) is 1. The van der Waals surface area contributed by atoms with Gasteiger partial charge in [-0.1, -0.05) is 90.1 Å². The molecule has 5 nitrogen and oxygen atoms in total. The van der Waals surface area contributed by atoms with Gasteiger partial charge in [-0.3, -0.25) is 14.4 Å². The maximum Gasteiger partial charge on any atom is 0.227 e. The second kappa shape index (κ2) is 14.4. The summed E-state index contributed by atoms with van der Waals surface area (Å²) >= 11 is 0. The summed E-state index contributed by atoms with van der Waals surface area (Å²) in [7, 11) is 1.76. The molecule has 1 aliphatic heterocycles. The molecule has 0 saturated heterocycles. The highest BCUT2D eigenvalue weighted by molar-refractivity contribution is 5.94. The van der Waals surface area contributed by atoms with Crippen LogP contribution in [-0.2, 0) is 33.8 Å². The number of nitrogens with one attached hydrogen (secondary N) is 1. The van der Waals surface area contributed by atoms with E-state index in [9.17, 15) is 14.4 Å².